The van der Waals surface area contributed by atoms with E-state index in [9.17, 15) is 9.59 Å². The van der Waals surface area contributed by atoms with Crippen molar-refractivity contribution in [1.29, 1.82) is 0 Å². The van der Waals surface area contributed by atoms with Crippen LogP contribution in [0.3, 0.4) is 0 Å². The summed E-state index contributed by atoms with van der Waals surface area (Å²) >= 11 is 0. The number of likely N-dealkylation sites (tertiary alicyclic amines) is 1. The number of rotatable bonds is 5. The number of H-pyrrole nitrogens is 1. The molecule has 1 amide bonds. The average Bonchev–Trinajstić information content (AvgIpc) is 2.61. The lowest BCUT2D eigenvalue weighted by Crippen LogP contribution is -2.45. The first-order valence-electron chi connectivity index (χ1n) is 9.55. The zero-order valence-electron chi connectivity index (χ0n) is 16.0. The summed E-state index contributed by atoms with van der Waals surface area (Å²) in [6, 6.07) is 8.00. The molecule has 1 aromatic heterocycles. The molecule has 1 saturated heterocycles. The second kappa shape index (κ2) is 8.04. The van der Waals surface area contributed by atoms with Gasteiger partial charge in [0.25, 0.3) is 5.56 Å². The third-order valence-corrected chi connectivity index (χ3v) is 5.50. The molecule has 2 aromatic rings. The predicted octanol–water partition coefficient (Wildman–Crippen LogP) is 2.62. The molecule has 5 heteroatoms. The van der Waals surface area contributed by atoms with Crippen LogP contribution in [0.2, 0.25) is 0 Å². The number of pyridine rings is 1. The first-order chi connectivity index (χ1) is 12.4. The van der Waals surface area contributed by atoms with E-state index in [0.717, 1.165) is 35.5 Å². The molecule has 2 heterocycles. The van der Waals surface area contributed by atoms with Gasteiger partial charge in [-0.05, 0) is 74.8 Å². The molecular weight excluding hydrogens is 326 g/mol. The molecule has 1 aliphatic rings. The molecule has 140 valence electrons. The zero-order chi connectivity index (χ0) is 18.7. The number of fused-ring (bicyclic) bond motifs is 1. The molecule has 0 aliphatic carbocycles. The molecule has 1 atom stereocenters. The topological polar surface area (TPSA) is 65.2 Å². The number of benzene rings is 1. The van der Waals surface area contributed by atoms with Gasteiger partial charge in [0.15, 0.2) is 0 Å². The van der Waals surface area contributed by atoms with Crippen LogP contribution in [0.1, 0.15) is 37.8 Å². The molecule has 5 nitrogen and oxygen atoms in total. The van der Waals surface area contributed by atoms with Crippen molar-refractivity contribution in [2.24, 2.45) is 5.92 Å². The molecule has 0 spiro atoms. The number of carbonyl (C=O) groups excluding carboxylic acids is 1. The van der Waals surface area contributed by atoms with Gasteiger partial charge in [-0.15, -0.1) is 0 Å². The molecule has 1 aliphatic heterocycles. The van der Waals surface area contributed by atoms with Gasteiger partial charge in [-0.2, -0.15) is 0 Å². The Morgan fingerprint density at radius 3 is 2.77 bits per heavy atom. The molecule has 0 bridgehead atoms. The van der Waals surface area contributed by atoms with Crippen LogP contribution in [0.15, 0.2) is 29.1 Å². The smallest absolute Gasteiger partial charge is 0.251 e. The Labute approximate surface area is 154 Å². The summed E-state index contributed by atoms with van der Waals surface area (Å²) in [6.45, 7) is 9.23. The van der Waals surface area contributed by atoms with E-state index in [1.807, 2.05) is 24.3 Å². The molecule has 1 unspecified atom stereocenters. The molecule has 1 aromatic carbocycles. The Morgan fingerprint density at radius 2 is 2.04 bits per heavy atom. The van der Waals surface area contributed by atoms with Gasteiger partial charge < -0.3 is 10.3 Å². The first kappa shape index (κ1) is 18.6. The number of nitrogens with zero attached hydrogens (tertiary/aromatic N) is 1. The minimum absolute atomic E-state index is 0.0442. The number of aromatic amines is 1. The summed E-state index contributed by atoms with van der Waals surface area (Å²) in [5.41, 5.74) is 2.38. The lowest BCUT2D eigenvalue weighted by atomic mass is 9.98. The van der Waals surface area contributed by atoms with Crippen molar-refractivity contribution < 1.29 is 4.79 Å². The van der Waals surface area contributed by atoms with E-state index in [4.69, 9.17) is 0 Å². The van der Waals surface area contributed by atoms with E-state index in [1.54, 1.807) is 6.92 Å². The van der Waals surface area contributed by atoms with E-state index < -0.39 is 0 Å². The van der Waals surface area contributed by atoms with Crippen LogP contribution in [-0.2, 0) is 11.2 Å². The Hall–Kier alpha value is -2.14. The van der Waals surface area contributed by atoms with Crippen LogP contribution in [0.25, 0.3) is 10.9 Å². The maximum Gasteiger partial charge on any atom is 0.251 e. The minimum atomic E-state index is -0.0657. The van der Waals surface area contributed by atoms with Crippen molar-refractivity contribution in [2.45, 2.75) is 46.1 Å². The zero-order valence-corrected chi connectivity index (χ0v) is 16.0. The highest BCUT2D eigenvalue weighted by Crippen LogP contribution is 2.18. The molecular formula is C21H29N3O2. The number of aryl methyl sites for hydroxylation is 1. The Bertz CT molecular complexity index is 835. The summed E-state index contributed by atoms with van der Waals surface area (Å²) in [7, 11) is 0. The quantitative estimate of drug-likeness (QED) is 0.866. The standard InChI is InChI=1S/C21H29N3O2/c1-14-6-8-24(9-7-14)16(3)13-22-20(25)12-17-4-5-19-18(11-17)10-15(2)21(26)23-19/h4-5,10-11,14,16H,6-9,12-13H2,1-3H3,(H,22,25)(H,23,26). The van der Waals surface area contributed by atoms with Gasteiger partial charge in [-0.3, -0.25) is 14.5 Å². The summed E-state index contributed by atoms with van der Waals surface area (Å²) in [4.78, 5) is 29.3. The summed E-state index contributed by atoms with van der Waals surface area (Å²) in [5.74, 6) is 0.863. The molecule has 1 fully saturated rings. The number of amides is 1. The number of hydrogen-bond donors (Lipinski definition) is 2. The number of aromatic nitrogens is 1. The van der Waals surface area contributed by atoms with E-state index >= 15 is 0 Å². The van der Waals surface area contributed by atoms with Crippen LogP contribution in [0.5, 0.6) is 0 Å². The fraction of sp³-hybridized carbons (Fsp3) is 0.524. The number of piperidine rings is 1. The molecule has 0 saturated carbocycles. The number of nitrogens with one attached hydrogen (secondary N) is 2. The van der Waals surface area contributed by atoms with Crippen LogP contribution in [0, 0.1) is 12.8 Å². The summed E-state index contributed by atoms with van der Waals surface area (Å²) < 4.78 is 0. The fourth-order valence-electron chi connectivity index (χ4n) is 3.58. The lowest BCUT2D eigenvalue weighted by Gasteiger charge is -2.35. The average molecular weight is 355 g/mol. The first-order valence-corrected chi connectivity index (χ1v) is 9.55. The van der Waals surface area contributed by atoms with Gasteiger partial charge >= 0.3 is 0 Å². The van der Waals surface area contributed by atoms with Crippen molar-refractivity contribution in [3.8, 4) is 0 Å². The molecule has 26 heavy (non-hydrogen) atoms. The van der Waals surface area contributed by atoms with Gasteiger partial charge in [-0.1, -0.05) is 13.0 Å². The van der Waals surface area contributed by atoms with Gasteiger partial charge in [0.1, 0.15) is 0 Å². The third kappa shape index (κ3) is 4.52. The molecule has 3 rings (SSSR count). The van der Waals surface area contributed by atoms with Crippen molar-refractivity contribution in [3.05, 3.63) is 45.7 Å². The number of hydrogen-bond acceptors (Lipinski definition) is 3. The number of carbonyl (C=O) groups is 1. The minimum Gasteiger partial charge on any atom is -0.354 e. The highest BCUT2D eigenvalue weighted by Gasteiger charge is 2.20. The SMILES string of the molecule is Cc1cc2cc(CC(=O)NCC(C)N3CCC(C)CC3)ccc2[nH]c1=O. The van der Waals surface area contributed by atoms with Gasteiger partial charge in [0.2, 0.25) is 5.91 Å². The van der Waals surface area contributed by atoms with E-state index in [-0.39, 0.29) is 11.5 Å². The van der Waals surface area contributed by atoms with Crippen LogP contribution in [-0.4, -0.2) is 41.5 Å². The van der Waals surface area contributed by atoms with Crippen molar-refractivity contribution in [3.63, 3.8) is 0 Å². The van der Waals surface area contributed by atoms with Crippen LogP contribution in [0.4, 0.5) is 0 Å². The van der Waals surface area contributed by atoms with E-state index in [1.165, 1.54) is 12.8 Å². The predicted molar refractivity (Wildman–Crippen MR) is 105 cm³/mol. The monoisotopic (exact) mass is 355 g/mol. The second-order valence-electron chi connectivity index (χ2n) is 7.75. The van der Waals surface area contributed by atoms with Gasteiger partial charge in [-0.25, -0.2) is 0 Å². The van der Waals surface area contributed by atoms with Crippen molar-refractivity contribution in [2.75, 3.05) is 19.6 Å². The lowest BCUT2D eigenvalue weighted by molar-refractivity contribution is -0.120. The van der Waals surface area contributed by atoms with Gasteiger partial charge in [0.05, 0.1) is 6.42 Å². The van der Waals surface area contributed by atoms with E-state index in [0.29, 0.717) is 24.6 Å². The van der Waals surface area contributed by atoms with E-state index in [2.05, 4.69) is 29.0 Å². The Balaban J connectivity index is 1.55. The van der Waals surface area contributed by atoms with Crippen molar-refractivity contribution >= 4 is 16.8 Å². The van der Waals surface area contributed by atoms with Crippen molar-refractivity contribution in [1.82, 2.24) is 15.2 Å². The second-order valence-corrected chi connectivity index (χ2v) is 7.75. The highest BCUT2D eigenvalue weighted by atomic mass is 16.1. The Morgan fingerprint density at radius 1 is 1.31 bits per heavy atom. The summed E-state index contributed by atoms with van der Waals surface area (Å²) in [5, 5.41) is 4.03. The molecule has 2 N–H and O–H groups in total. The molecule has 0 radical (unpaired) electrons. The Kier molecular flexibility index (Phi) is 5.77. The largest absolute Gasteiger partial charge is 0.354 e. The normalized spacial score (nSPS) is 17.3. The maximum atomic E-state index is 12.3. The highest BCUT2D eigenvalue weighted by molar-refractivity contribution is 5.83. The van der Waals surface area contributed by atoms with Crippen LogP contribution >= 0.6 is 0 Å². The third-order valence-electron chi connectivity index (χ3n) is 5.50. The maximum absolute atomic E-state index is 12.3. The summed E-state index contributed by atoms with van der Waals surface area (Å²) in [6.07, 6.45) is 2.85. The van der Waals surface area contributed by atoms with Crippen LogP contribution < -0.4 is 10.9 Å². The fourth-order valence-corrected chi connectivity index (χ4v) is 3.58. The van der Waals surface area contributed by atoms with Gasteiger partial charge in [0, 0.05) is 23.7 Å².